The van der Waals surface area contributed by atoms with Crippen molar-refractivity contribution in [3.8, 4) is 0 Å². The van der Waals surface area contributed by atoms with E-state index in [4.69, 9.17) is 4.74 Å². The molecule has 0 radical (unpaired) electrons. The fourth-order valence-corrected chi connectivity index (χ4v) is 7.83. The second-order valence-corrected chi connectivity index (χ2v) is 10.5. The van der Waals surface area contributed by atoms with E-state index in [9.17, 15) is 0 Å². The van der Waals surface area contributed by atoms with E-state index in [0.29, 0.717) is 16.9 Å². The van der Waals surface area contributed by atoms with Crippen LogP contribution in [0.5, 0.6) is 0 Å². The topological polar surface area (TPSA) is 9.23 Å². The number of allylic oxidation sites excluding steroid dienone is 2. The van der Waals surface area contributed by atoms with Gasteiger partial charge in [-0.15, -0.1) is 0 Å². The average Bonchev–Trinajstić information content (AvgIpc) is 3.03. The normalized spacial score (nSPS) is 45.8. The highest BCUT2D eigenvalue weighted by atomic mass is 16.5. The maximum atomic E-state index is 6.56. The summed E-state index contributed by atoms with van der Waals surface area (Å²) in [4.78, 5) is 0. The van der Waals surface area contributed by atoms with E-state index < -0.39 is 0 Å². The predicted molar refractivity (Wildman–Crippen MR) is 111 cm³/mol. The number of hydrogen-bond donors (Lipinski definition) is 0. The van der Waals surface area contributed by atoms with Crippen LogP contribution in [-0.2, 0) is 11.3 Å². The minimum Gasteiger partial charge on any atom is -0.373 e. The van der Waals surface area contributed by atoms with Crippen LogP contribution in [0.1, 0.15) is 70.8 Å². The van der Waals surface area contributed by atoms with Gasteiger partial charge in [-0.1, -0.05) is 56.3 Å². The molecule has 7 atom stereocenters. The van der Waals surface area contributed by atoms with E-state index >= 15 is 0 Å². The van der Waals surface area contributed by atoms with E-state index in [1.165, 1.54) is 56.9 Å². The highest BCUT2D eigenvalue weighted by Crippen LogP contribution is 2.66. The van der Waals surface area contributed by atoms with Crippen molar-refractivity contribution in [2.75, 3.05) is 0 Å². The van der Waals surface area contributed by atoms with Gasteiger partial charge in [0, 0.05) is 0 Å². The molecule has 4 aliphatic rings. The average molecular weight is 365 g/mol. The third kappa shape index (κ3) is 2.84. The van der Waals surface area contributed by atoms with Gasteiger partial charge in [-0.2, -0.15) is 0 Å². The summed E-state index contributed by atoms with van der Waals surface area (Å²) in [7, 11) is 0. The number of fused-ring (bicyclic) bond motifs is 5. The molecule has 3 saturated carbocycles. The summed E-state index contributed by atoms with van der Waals surface area (Å²) in [5.41, 5.74) is 2.30. The first-order chi connectivity index (χ1) is 13.1. The molecule has 0 saturated heterocycles. The zero-order valence-electron chi connectivity index (χ0n) is 17.2. The lowest BCUT2D eigenvalue weighted by atomic mass is 9.46. The van der Waals surface area contributed by atoms with Gasteiger partial charge in [-0.3, -0.25) is 0 Å². The minimum absolute atomic E-state index is 0.406. The Morgan fingerprint density at radius 1 is 0.889 bits per heavy atom. The molecule has 1 aromatic carbocycles. The number of ether oxygens (including phenoxy) is 1. The van der Waals surface area contributed by atoms with Crippen molar-refractivity contribution in [3.05, 3.63) is 48.0 Å². The van der Waals surface area contributed by atoms with E-state index in [-0.39, 0.29) is 0 Å². The summed E-state index contributed by atoms with van der Waals surface area (Å²) in [6, 6.07) is 10.7. The molecular weight excluding hydrogens is 328 g/mol. The maximum Gasteiger partial charge on any atom is 0.0720 e. The molecule has 0 unspecified atom stereocenters. The second-order valence-electron chi connectivity index (χ2n) is 10.5. The van der Waals surface area contributed by atoms with Gasteiger partial charge in [0.1, 0.15) is 0 Å². The highest BCUT2D eigenvalue weighted by molar-refractivity contribution is 5.15. The zero-order chi connectivity index (χ0) is 18.5. The molecule has 0 aromatic heterocycles. The molecule has 3 fully saturated rings. The summed E-state index contributed by atoms with van der Waals surface area (Å²) in [6.07, 6.45) is 16.5. The molecule has 1 nitrogen and oxygen atoms in total. The summed E-state index contributed by atoms with van der Waals surface area (Å²) < 4.78 is 6.56. The van der Waals surface area contributed by atoms with Gasteiger partial charge in [-0.25, -0.2) is 0 Å². The Morgan fingerprint density at radius 3 is 2.56 bits per heavy atom. The summed E-state index contributed by atoms with van der Waals surface area (Å²) in [6.45, 7) is 6.00. The van der Waals surface area contributed by atoms with E-state index in [2.05, 4.69) is 56.3 Å². The van der Waals surface area contributed by atoms with Crippen molar-refractivity contribution >= 4 is 0 Å². The third-order valence-corrected chi connectivity index (χ3v) is 9.42. The molecule has 1 aromatic rings. The van der Waals surface area contributed by atoms with Gasteiger partial charge in [-0.05, 0) is 91.4 Å². The Hall–Kier alpha value is -1.08. The van der Waals surface area contributed by atoms with Crippen LogP contribution in [0.2, 0.25) is 0 Å². The minimum atomic E-state index is 0.406. The Morgan fingerprint density at radius 2 is 1.70 bits per heavy atom. The Labute approximate surface area is 165 Å². The zero-order valence-corrected chi connectivity index (χ0v) is 17.2. The van der Waals surface area contributed by atoms with Gasteiger partial charge < -0.3 is 4.74 Å². The smallest absolute Gasteiger partial charge is 0.0720 e. The number of rotatable bonds is 3. The monoisotopic (exact) mass is 364 g/mol. The Bertz CT molecular complexity index is 693. The maximum absolute atomic E-state index is 6.56. The van der Waals surface area contributed by atoms with Crippen LogP contribution in [0.3, 0.4) is 0 Å². The van der Waals surface area contributed by atoms with Gasteiger partial charge >= 0.3 is 0 Å². The largest absolute Gasteiger partial charge is 0.373 e. The van der Waals surface area contributed by atoms with Crippen molar-refractivity contribution in [2.45, 2.75) is 77.9 Å². The van der Waals surface area contributed by atoms with E-state index in [1.54, 1.807) is 0 Å². The SMILES string of the molecule is C[C@]12CC=CC[C@@H]1CC[C@@H]1[C@H]2CC[C@]2(C)[C@@H](OCc3ccccc3)CC[C@@H]12. The van der Waals surface area contributed by atoms with Gasteiger partial charge in [0.05, 0.1) is 12.7 Å². The molecule has 4 aliphatic carbocycles. The fourth-order valence-electron chi connectivity index (χ4n) is 7.83. The molecule has 0 N–H and O–H groups in total. The van der Waals surface area contributed by atoms with Crippen LogP contribution < -0.4 is 0 Å². The second kappa shape index (κ2) is 6.76. The Kier molecular flexibility index (Phi) is 4.50. The molecule has 0 amide bonds. The van der Waals surface area contributed by atoms with Crippen LogP contribution in [0, 0.1) is 34.5 Å². The lowest BCUT2D eigenvalue weighted by molar-refractivity contribution is -0.124. The standard InChI is InChI=1S/C26H36O/c1-25-16-7-6-10-20(25)11-12-21-22-13-14-24(26(22,2)17-15-23(21)25)27-18-19-8-4-3-5-9-19/h3-9,20-24H,10-18H2,1-2H3/t20-,21+,22+,23-,24+,25+,26+/m1/s1. The van der Waals surface area contributed by atoms with Crippen LogP contribution >= 0.6 is 0 Å². The molecule has 146 valence electrons. The van der Waals surface area contributed by atoms with E-state index in [0.717, 1.165) is 30.3 Å². The molecule has 0 spiro atoms. The van der Waals surface area contributed by atoms with Crippen LogP contribution in [0.25, 0.3) is 0 Å². The highest BCUT2D eigenvalue weighted by Gasteiger charge is 2.59. The number of hydrogen-bond acceptors (Lipinski definition) is 1. The van der Waals surface area contributed by atoms with Crippen molar-refractivity contribution in [2.24, 2.45) is 34.5 Å². The third-order valence-electron chi connectivity index (χ3n) is 9.42. The molecule has 0 bridgehead atoms. The van der Waals surface area contributed by atoms with Gasteiger partial charge in [0.15, 0.2) is 0 Å². The molecule has 5 rings (SSSR count). The van der Waals surface area contributed by atoms with Gasteiger partial charge in [0.25, 0.3) is 0 Å². The van der Waals surface area contributed by atoms with Gasteiger partial charge in [0.2, 0.25) is 0 Å². The first-order valence-corrected chi connectivity index (χ1v) is 11.4. The molecule has 0 aliphatic heterocycles. The first kappa shape index (κ1) is 18.0. The van der Waals surface area contributed by atoms with Crippen molar-refractivity contribution < 1.29 is 4.74 Å². The lowest BCUT2D eigenvalue weighted by Gasteiger charge is -2.59. The molecule has 27 heavy (non-hydrogen) atoms. The van der Waals surface area contributed by atoms with Crippen LogP contribution in [0.15, 0.2) is 42.5 Å². The Balaban J connectivity index is 1.33. The van der Waals surface area contributed by atoms with Crippen molar-refractivity contribution in [1.29, 1.82) is 0 Å². The summed E-state index contributed by atoms with van der Waals surface area (Å²) in [5.74, 6) is 3.73. The fraction of sp³-hybridized carbons (Fsp3) is 0.692. The molecular formula is C26H36O. The summed E-state index contributed by atoms with van der Waals surface area (Å²) in [5, 5.41) is 0. The van der Waals surface area contributed by atoms with Crippen molar-refractivity contribution in [1.82, 2.24) is 0 Å². The first-order valence-electron chi connectivity index (χ1n) is 11.4. The van der Waals surface area contributed by atoms with Crippen LogP contribution in [0.4, 0.5) is 0 Å². The number of benzene rings is 1. The van der Waals surface area contributed by atoms with Crippen LogP contribution in [-0.4, -0.2) is 6.10 Å². The predicted octanol–water partition coefficient (Wildman–Crippen LogP) is 6.78. The quantitative estimate of drug-likeness (QED) is 0.537. The molecule has 1 heteroatoms. The van der Waals surface area contributed by atoms with Crippen molar-refractivity contribution in [3.63, 3.8) is 0 Å². The lowest BCUT2D eigenvalue weighted by Crippen LogP contribution is -2.53. The summed E-state index contributed by atoms with van der Waals surface area (Å²) >= 11 is 0. The van der Waals surface area contributed by atoms with E-state index in [1.807, 2.05) is 0 Å². The molecule has 0 heterocycles.